The van der Waals surface area contributed by atoms with E-state index >= 15 is 0 Å². The Morgan fingerprint density at radius 2 is 1.86 bits per heavy atom. The zero-order chi connectivity index (χ0) is 10.7. The van der Waals surface area contributed by atoms with E-state index in [0.29, 0.717) is 6.07 Å². The first-order valence-corrected chi connectivity index (χ1v) is 3.55. The summed E-state index contributed by atoms with van der Waals surface area (Å²) in [5.74, 6) is -3.88. The molecule has 0 aliphatic heterocycles. The molecule has 1 aromatic rings. The number of carbonyl (C=O) groups is 1. The minimum absolute atomic E-state index is 0.214. The number of halogens is 4. The van der Waals surface area contributed by atoms with E-state index in [-0.39, 0.29) is 5.69 Å². The van der Waals surface area contributed by atoms with Gasteiger partial charge in [-0.1, -0.05) is 0 Å². The molecule has 2 nitrogen and oxygen atoms in total. The van der Waals surface area contributed by atoms with E-state index < -0.39 is 24.0 Å². The molecule has 1 rings (SSSR count). The van der Waals surface area contributed by atoms with Gasteiger partial charge >= 0.3 is 6.43 Å². The van der Waals surface area contributed by atoms with E-state index in [4.69, 9.17) is 0 Å². The summed E-state index contributed by atoms with van der Waals surface area (Å²) in [6, 6.07) is 2.34. The van der Waals surface area contributed by atoms with Crippen LogP contribution in [-0.4, -0.2) is 12.3 Å². The predicted octanol–water partition coefficient (Wildman–Crippen LogP) is 2.17. The van der Waals surface area contributed by atoms with Crippen LogP contribution in [0.25, 0.3) is 0 Å². The average Bonchev–Trinajstić information content (AvgIpc) is 2.11. The number of nitrogens with one attached hydrogen (secondary N) is 1. The van der Waals surface area contributed by atoms with Gasteiger partial charge in [-0.2, -0.15) is 8.78 Å². The van der Waals surface area contributed by atoms with E-state index in [1.807, 2.05) is 0 Å². The molecule has 1 aromatic carbocycles. The van der Waals surface area contributed by atoms with Gasteiger partial charge in [-0.3, -0.25) is 4.79 Å². The largest absolute Gasteiger partial charge is 0.321 e. The molecular formula is C8H5F4NO. The molecule has 0 atom stereocenters. The van der Waals surface area contributed by atoms with Crippen LogP contribution in [0.4, 0.5) is 23.2 Å². The fourth-order valence-corrected chi connectivity index (χ4v) is 0.771. The Hall–Kier alpha value is -1.59. The summed E-state index contributed by atoms with van der Waals surface area (Å²) in [7, 11) is 0. The molecule has 0 saturated carbocycles. The summed E-state index contributed by atoms with van der Waals surface area (Å²) < 4.78 is 48.3. The molecule has 0 fully saturated rings. The van der Waals surface area contributed by atoms with Gasteiger partial charge in [-0.15, -0.1) is 0 Å². The van der Waals surface area contributed by atoms with Crippen molar-refractivity contribution < 1.29 is 22.4 Å². The second-order valence-electron chi connectivity index (χ2n) is 2.42. The van der Waals surface area contributed by atoms with Crippen molar-refractivity contribution >= 4 is 11.6 Å². The number of amides is 1. The second-order valence-corrected chi connectivity index (χ2v) is 2.42. The lowest BCUT2D eigenvalue weighted by Gasteiger charge is -2.03. The molecule has 6 heteroatoms. The molecule has 1 N–H and O–H groups in total. The number of alkyl halides is 2. The monoisotopic (exact) mass is 207 g/mol. The summed E-state index contributed by atoms with van der Waals surface area (Å²) in [4.78, 5) is 10.4. The molecule has 0 heterocycles. The molecule has 0 unspecified atom stereocenters. The van der Waals surface area contributed by atoms with E-state index in [1.54, 1.807) is 5.32 Å². The smallest absolute Gasteiger partial charge is 0.315 e. The highest BCUT2D eigenvalue weighted by Gasteiger charge is 2.15. The first-order chi connectivity index (χ1) is 6.50. The lowest BCUT2D eigenvalue weighted by Crippen LogP contribution is -2.20. The maximum Gasteiger partial charge on any atom is 0.315 e. The quantitative estimate of drug-likeness (QED) is 0.740. The fraction of sp³-hybridized carbons (Fsp3) is 0.125. The first-order valence-electron chi connectivity index (χ1n) is 3.55. The molecule has 76 valence electrons. The summed E-state index contributed by atoms with van der Waals surface area (Å²) in [5, 5.41) is 1.71. The van der Waals surface area contributed by atoms with Gasteiger partial charge < -0.3 is 5.32 Å². The van der Waals surface area contributed by atoms with Gasteiger partial charge in [0.2, 0.25) is 0 Å². The lowest BCUT2D eigenvalue weighted by atomic mass is 10.3. The number of rotatable bonds is 2. The Morgan fingerprint density at radius 3 is 2.36 bits per heavy atom. The van der Waals surface area contributed by atoms with Crippen molar-refractivity contribution in [1.29, 1.82) is 0 Å². The minimum atomic E-state index is -3.19. The highest BCUT2D eigenvalue weighted by atomic mass is 19.3. The third-order valence-corrected chi connectivity index (χ3v) is 1.39. The first kappa shape index (κ1) is 10.5. The second kappa shape index (κ2) is 4.08. The maximum atomic E-state index is 12.5. The van der Waals surface area contributed by atoms with Gasteiger partial charge in [0.15, 0.2) is 11.6 Å². The zero-order valence-corrected chi connectivity index (χ0v) is 6.73. The Morgan fingerprint density at radius 1 is 1.21 bits per heavy atom. The summed E-state index contributed by atoms with van der Waals surface area (Å²) in [5.41, 5.74) is -0.214. The summed E-state index contributed by atoms with van der Waals surface area (Å²) >= 11 is 0. The van der Waals surface area contributed by atoms with Crippen LogP contribution in [-0.2, 0) is 4.79 Å². The molecule has 0 spiro atoms. The molecule has 1 amide bonds. The van der Waals surface area contributed by atoms with Gasteiger partial charge in [0.1, 0.15) is 0 Å². The molecule has 0 radical (unpaired) electrons. The lowest BCUT2D eigenvalue weighted by molar-refractivity contribution is -0.126. The van der Waals surface area contributed by atoms with Crippen molar-refractivity contribution in [3.63, 3.8) is 0 Å². The van der Waals surface area contributed by atoms with Gasteiger partial charge in [-0.25, -0.2) is 8.78 Å². The normalized spacial score (nSPS) is 10.4. The minimum Gasteiger partial charge on any atom is -0.321 e. The third-order valence-electron chi connectivity index (χ3n) is 1.39. The fourth-order valence-electron chi connectivity index (χ4n) is 0.771. The Bertz CT molecular complexity index is 353. The Labute approximate surface area is 76.5 Å². The Kier molecular flexibility index (Phi) is 3.06. The predicted molar refractivity (Wildman–Crippen MR) is 41.0 cm³/mol. The average molecular weight is 207 g/mol. The van der Waals surface area contributed by atoms with Gasteiger partial charge in [0.25, 0.3) is 5.91 Å². The van der Waals surface area contributed by atoms with E-state index in [2.05, 4.69) is 0 Å². The van der Waals surface area contributed by atoms with Crippen molar-refractivity contribution in [3.8, 4) is 0 Å². The van der Waals surface area contributed by atoms with Crippen LogP contribution in [0.5, 0.6) is 0 Å². The van der Waals surface area contributed by atoms with E-state index in [9.17, 15) is 22.4 Å². The van der Waals surface area contributed by atoms with E-state index in [0.717, 1.165) is 12.1 Å². The van der Waals surface area contributed by atoms with Gasteiger partial charge in [0, 0.05) is 11.8 Å². The molecule has 0 aliphatic carbocycles. The Balaban J connectivity index is 2.78. The van der Waals surface area contributed by atoms with Crippen molar-refractivity contribution in [2.45, 2.75) is 6.43 Å². The molecule has 14 heavy (non-hydrogen) atoms. The summed E-state index contributed by atoms with van der Waals surface area (Å²) in [6.07, 6.45) is -3.19. The number of anilines is 1. The van der Waals surface area contributed by atoms with E-state index in [1.165, 1.54) is 0 Å². The zero-order valence-electron chi connectivity index (χ0n) is 6.73. The molecule has 0 bridgehead atoms. The van der Waals surface area contributed by atoms with Crippen LogP contribution in [0, 0.1) is 11.6 Å². The van der Waals surface area contributed by atoms with Crippen LogP contribution >= 0.6 is 0 Å². The number of carbonyl (C=O) groups excluding carboxylic acids is 1. The summed E-state index contributed by atoms with van der Waals surface area (Å²) in [6.45, 7) is 0. The van der Waals surface area contributed by atoms with Crippen LogP contribution < -0.4 is 5.32 Å². The molecular weight excluding hydrogens is 202 g/mol. The molecule has 0 aliphatic rings. The van der Waals surface area contributed by atoms with Crippen molar-refractivity contribution in [2.75, 3.05) is 5.32 Å². The maximum absolute atomic E-state index is 12.5. The third kappa shape index (κ3) is 2.45. The molecule has 0 aromatic heterocycles. The number of hydrogen-bond acceptors (Lipinski definition) is 1. The van der Waals surface area contributed by atoms with Crippen LogP contribution in [0.3, 0.4) is 0 Å². The van der Waals surface area contributed by atoms with Crippen LogP contribution in [0.2, 0.25) is 0 Å². The SMILES string of the molecule is O=C(Nc1ccc(F)c(F)c1)C(F)F. The highest BCUT2D eigenvalue weighted by Crippen LogP contribution is 2.13. The van der Waals surface area contributed by atoms with Crippen molar-refractivity contribution in [3.05, 3.63) is 29.8 Å². The number of hydrogen-bond donors (Lipinski definition) is 1. The van der Waals surface area contributed by atoms with Crippen LogP contribution in [0.1, 0.15) is 0 Å². The van der Waals surface area contributed by atoms with Gasteiger partial charge in [-0.05, 0) is 12.1 Å². The highest BCUT2D eigenvalue weighted by molar-refractivity contribution is 5.92. The standard InChI is InChI=1S/C8H5F4NO/c9-5-2-1-4(3-6(5)10)13-8(14)7(11)12/h1-3,7H,(H,13,14). The molecule has 0 saturated heterocycles. The number of benzene rings is 1. The van der Waals surface area contributed by atoms with Crippen molar-refractivity contribution in [1.82, 2.24) is 0 Å². The topological polar surface area (TPSA) is 29.1 Å². The van der Waals surface area contributed by atoms with Crippen LogP contribution in [0.15, 0.2) is 18.2 Å². The van der Waals surface area contributed by atoms with Crippen molar-refractivity contribution in [2.24, 2.45) is 0 Å². The van der Waals surface area contributed by atoms with Gasteiger partial charge in [0.05, 0.1) is 0 Å².